The Balaban J connectivity index is 4.15. The third-order valence-corrected chi connectivity index (χ3v) is 0.941. The van der Waals surface area contributed by atoms with Crippen LogP contribution >= 0.6 is 0 Å². The summed E-state index contributed by atoms with van der Waals surface area (Å²) in [7, 11) is 1.61. The highest BCUT2D eigenvalue weighted by Gasteiger charge is 1.98. The molecule has 0 rings (SSSR count). The zero-order valence-corrected chi connectivity index (χ0v) is 6.03. The van der Waals surface area contributed by atoms with E-state index in [2.05, 4.69) is 11.8 Å². The monoisotopic (exact) mass is 142 g/mol. The minimum atomic E-state index is -0.949. The van der Waals surface area contributed by atoms with Crippen LogP contribution in [-0.4, -0.2) is 29.8 Å². The van der Waals surface area contributed by atoms with Gasteiger partial charge in [-0.25, -0.2) is 4.79 Å². The van der Waals surface area contributed by atoms with E-state index in [4.69, 9.17) is 5.11 Å². The molecule has 10 heavy (non-hydrogen) atoms. The molecule has 0 saturated heterocycles. The largest absolute Gasteiger partial charge is 0.478 e. The number of carbonyl (C=O) groups is 1. The fourth-order valence-electron chi connectivity index (χ4n) is 0.376. The number of hydrazone groups is 1. The Kier molecular flexibility index (Phi) is 3.17. The fraction of sp³-hybridized carbons (Fsp3) is 0.333. The van der Waals surface area contributed by atoms with Crippen LogP contribution in [0.15, 0.2) is 16.9 Å². The lowest BCUT2D eigenvalue weighted by atomic mass is 10.3. The Bertz CT molecular complexity index is 175. The van der Waals surface area contributed by atoms with Crippen LogP contribution < -0.4 is 0 Å². The van der Waals surface area contributed by atoms with Crippen molar-refractivity contribution >= 4 is 12.7 Å². The van der Waals surface area contributed by atoms with Crippen molar-refractivity contribution in [3.63, 3.8) is 0 Å². The summed E-state index contributed by atoms with van der Waals surface area (Å²) in [5.41, 5.74) is 0.231. The van der Waals surface area contributed by atoms with Crippen molar-refractivity contribution < 1.29 is 9.90 Å². The zero-order valence-electron chi connectivity index (χ0n) is 6.03. The van der Waals surface area contributed by atoms with Crippen molar-refractivity contribution in [3.8, 4) is 0 Å². The zero-order chi connectivity index (χ0) is 8.15. The van der Waals surface area contributed by atoms with Gasteiger partial charge >= 0.3 is 5.97 Å². The Labute approximate surface area is 59.5 Å². The van der Waals surface area contributed by atoms with Crippen LogP contribution in [0.3, 0.4) is 0 Å². The molecule has 0 aromatic heterocycles. The smallest absolute Gasteiger partial charge is 0.332 e. The van der Waals surface area contributed by atoms with Crippen molar-refractivity contribution in [2.45, 2.75) is 6.92 Å². The summed E-state index contributed by atoms with van der Waals surface area (Å²) < 4.78 is 0. The number of carboxylic acid groups (broad SMARTS) is 1. The van der Waals surface area contributed by atoms with E-state index in [0.29, 0.717) is 0 Å². The first-order valence-electron chi connectivity index (χ1n) is 2.69. The van der Waals surface area contributed by atoms with Gasteiger partial charge in [-0.1, -0.05) is 0 Å². The van der Waals surface area contributed by atoms with Gasteiger partial charge in [-0.2, -0.15) is 5.10 Å². The van der Waals surface area contributed by atoms with E-state index in [1.807, 2.05) is 0 Å². The normalized spacial score (nSPS) is 10.8. The van der Waals surface area contributed by atoms with Crippen molar-refractivity contribution in [3.05, 3.63) is 11.8 Å². The highest BCUT2D eigenvalue weighted by Crippen LogP contribution is 1.94. The average molecular weight is 142 g/mol. The molecule has 0 aliphatic carbocycles. The number of hydrogen-bond acceptors (Lipinski definition) is 3. The molecule has 0 unspecified atom stereocenters. The maximum absolute atomic E-state index is 10.2. The number of nitrogens with zero attached hydrogens (tertiary/aromatic N) is 2. The molecule has 0 fully saturated rings. The van der Waals surface area contributed by atoms with E-state index >= 15 is 0 Å². The van der Waals surface area contributed by atoms with Gasteiger partial charge in [-0.3, -0.25) is 5.01 Å². The lowest BCUT2D eigenvalue weighted by Crippen LogP contribution is -2.05. The molecule has 0 bridgehead atoms. The second-order valence-electron chi connectivity index (χ2n) is 1.83. The summed E-state index contributed by atoms with van der Waals surface area (Å²) in [5, 5.41) is 13.2. The van der Waals surface area contributed by atoms with Gasteiger partial charge in [0.05, 0.1) is 5.57 Å². The predicted octanol–water partition coefficient (Wildman–Crippen LogP) is 0.522. The molecule has 0 saturated carbocycles. The van der Waals surface area contributed by atoms with Gasteiger partial charge in [0.2, 0.25) is 0 Å². The SMILES string of the molecule is C=NN(C)/C=C(\C)C(=O)O. The molecule has 0 aromatic carbocycles. The van der Waals surface area contributed by atoms with Crippen LogP contribution in [0.5, 0.6) is 0 Å². The molecule has 0 aliphatic rings. The predicted molar refractivity (Wildman–Crippen MR) is 38.7 cm³/mol. The quantitative estimate of drug-likeness (QED) is 0.355. The van der Waals surface area contributed by atoms with Gasteiger partial charge in [0.15, 0.2) is 0 Å². The van der Waals surface area contributed by atoms with Crippen molar-refractivity contribution in [1.82, 2.24) is 5.01 Å². The molecular formula is C6H10N2O2. The maximum atomic E-state index is 10.2. The van der Waals surface area contributed by atoms with Crippen molar-refractivity contribution in [2.75, 3.05) is 7.05 Å². The molecule has 4 heteroatoms. The number of aliphatic carboxylic acids is 1. The van der Waals surface area contributed by atoms with E-state index in [9.17, 15) is 4.79 Å². The van der Waals surface area contributed by atoms with Crippen molar-refractivity contribution in [1.29, 1.82) is 0 Å². The van der Waals surface area contributed by atoms with Crippen LogP contribution in [0.2, 0.25) is 0 Å². The number of hydrogen-bond donors (Lipinski definition) is 1. The molecule has 0 radical (unpaired) electrons. The lowest BCUT2D eigenvalue weighted by molar-refractivity contribution is -0.132. The van der Waals surface area contributed by atoms with Crippen LogP contribution in [0.25, 0.3) is 0 Å². The molecule has 0 aromatic rings. The summed E-state index contributed by atoms with van der Waals surface area (Å²) in [6, 6.07) is 0. The Morgan fingerprint density at radius 1 is 1.80 bits per heavy atom. The molecule has 0 spiro atoms. The molecular weight excluding hydrogens is 132 g/mol. The van der Waals surface area contributed by atoms with Gasteiger partial charge in [-0.15, -0.1) is 0 Å². The minimum absolute atomic E-state index is 0.231. The fourth-order valence-corrected chi connectivity index (χ4v) is 0.376. The summed E-state index contributed by atoms with van der Waals surface area (Å²) in [6.45, 7) is 4.70. The maximum Gasteiger partial charge on any atom is 0.332 e. The highest BCUT2D eigenvalue weighted by atomic mass is 16.4. The highest BCUT2D eigenvalue weighted by molar-refractivity contribution is 5.85. The molecule has 56 valence electrons. The summed E-state index contributed by atoms with van der Waals surface area (Å²) >= 11 is 0. The topological polar surface area (TPSA) is 52.9 Å². The van der Waals surface area contributed by atoms with E-state index < -0.39 is 5.97 Å². The van der Waals surface area contributed by atoms with E-state index in [0.717, 1.165) is 0 Å². The van der Waals surface area contributed by atoms with Gasteiger partial charge < -0.3 is 5.11 Å². The molecule has 0 aliphatic heterocycles. The third-order valence-electron chi connectivity index (χ3n) is 0.941. The first kappa shape index (κ1) is 8.68. The second-order valence-corrected chi connectivity index (χ2v) is 1.83. The number of carboxylic acids is 1. The average Bonchev–Trinajstić information content (AvgIpc) is 1.87. The van der Waals surface area contributed by atoms with Crippen LogP contribution in [0.1, 0.15) is 6.92 Å². The van der Waals surface area contributed by atoms with Crippen molar-refractivity contribution in [2.24, 2.45) is 5.10 Å². The number of rotatable bonds is 3. The van der Waals surface area contributed by atoms with E-state index in [1.54, 1.807) is 7.05 Å². The molecule has 1 N–H and O–H groups in total. The minimum Gasteiger partial charge on any atom is -0.478 e. The lowest BCUT2D eigenvalue weighted by Gasteiger charge is -2.04. The first-order chi connectivity index (χ1) is 4.57. The van der Waals surface area contributed by atoms with Gasteiger partial charge in [0.1, 0.15) is 0 Å². The first-order valence-corrected chi connectivity index (χ1v) is 2.69. The summed E-state index contributed by atoms with van der Waals surface area (Å²) in [4.78, 5) is 10.2. The Morgan fingerprint density at radius 3 is 2.60 bits per heavy atom. The van der Waals surface area contributed by atoms with Gasteiger partial charge in [0, 0.05) is 20.0 Å². The van der Waals surface area contributed by atoms with Gasteiger partial charge in [-0.05, 0) is 6.92 Å². The van der Waals surface area contributed by atoms with Crippen LogP contribution in [0.4, 0.5) is 0 Å². The van der Waals surface area contributed by atoms with Crippen LogP contribution in [-0.2, 0) is 4.79 Å². The summed E-state index contributed by atoms with van der Waals surface area (Å²) in [6.07, 6.45) is 1.38. The molecule has 0 atom stereocenters. The van der Waals surface area contributed by atoms with E-state index in [-0.39, 0.29) is 5.57 Å². The molecule has 0 heterocycles. The second kappa shape index (κ2) is 3.66. The Hall–Kier alpha value is -1.32. The van der Waals surface area contributed by atoms with E-state index in [1.165, 1.54) is 18.1 Å². The molecule has 0 amide bonds. The third kappa shape index (κ3) is 2.86. The molecule has 4 nitrogen and oxygen atoms in total. The van der Waals surface area contributed by atoms with Crippen LogP contribution in [0, 0.1) is 0 Å². The van der Waals surface area contributed by atoms with Gasteiger partial charge in [0.25, 0.3) is 0 Å². The Morgan fingerprint density at radius 2 is 2.30 bits per heavy atom. The summed E-state index contributed by atoms with van der Waals surface area (Å²) in [5.74, 6) is -0.949. The standard InChI is InChI=1S/C6H10N2O2/c1-5(6(9)10)4-8(3)7-2/h4H,2H2,1,3H3,(H,9,10)/b5-4+.